The molecule has 2 aromatic rings. The van der Waals surface area contributed by atoms with Crippen LogP contribution in [0.4, 0.5) is 0 Å². The zero-order chi connectivity index (χ0) is 18.7. The molecule has 1 aliphatic rings. The molecule has 1 heterocycles. The number of hydrogen-bond donors (Lipinski definition) is 0. The quantitative estimate of drug-likeness (QED) is 0.800. The van der Waals surface area contributed by atoms with Gasteiger partial charge in [-0.3, -0.25) is 9.59 Å². The van der Waals surface area contributed by atoms with Gasteiger partial charge in [0.05, 0.1) is 5.92 Å². The Morgan fingerprint density at radius 2 is 1.85 bits per heavy atom. The van der Waals surface area contributed by atoms with Gasteiger partial charge in [0.15, 0.2) is 0 Å². The van der Waals surface area contributed by atoms with Gasteiger partial charge in [0, 0.05) is 39.6 Å². The molecule has 1 atom stereocenters. The molecule has 0 bridgehead atoms. The molecule has 1 saturated heterocycles. The molecular formula is C21H27N3O2. The number of hydrogen-bond acceptors (Lipinski definition) is 3. The van der Waals surface area contributed by atoms with Crippen molar-refractivity contribution in [3.63, 3.8) is 0 Å². The maximum absolute atomic E-state index is 12.9. The fourth-order valence-corrected chi connectivity index (χ4v) is 3.55. The molecule has 0 unspecified atom stereocenters. The highest BCUT2D eigenvalue weighted by molar-refractivity contribution is 5.90. The Hall–Kier alpha value is -2.40. The smallest absolute Gasteiger partial charge is 0.228 e. The summed E-state index contributed by atoms with van der Waals surface area (Å²) in [5, 5.41) is 2.35. The predicted molar refractivity (Wildman–Crippen MR) is 104 cm³/mol. The van der Waals surface area contributed by atoms with Crippen LogP contribution >= 0.6 is 0 Å². The Morgan fingerprint density at radius 1 is 1.12 bits per heavy atom. The largest absolute Gasteiger partial charge is 0.341 e. The number of amides is 2. The fraction of sp³-hybridized carbons (Fsp3) is 0.429. The molecule has 0 saturated carbocycles. The molecule has 5 heteroatoms. The molecule has 138 valence electrons. The molecule has 0 aromatic heterocycles. The Labute approximate surface area is 155 Å². The highest BCUT2D eigenvalue weighted by atomic mass is 16.2. The van der Waals surface area contributed by atoms with Gasteiger partial charge in [0.1, 0.15) is 0 Å². The minimum atomic E-state index is -0.232. The minimum absolute atomic E-state index is 0.0543. The van der Waals surface area contributed by atoms with Crippen molar-refractivity contribution in [2.45, 2.75) is 13.0 Å². The number of fused-ring (bicyclic) bond motifs is 1. The summed E-state index contributed by atoms with van der Waals surface area (Å²) in [6.07, 6.45) is 0.326. The fourth-order valence-electron chi connectivity index (χ4n) is 3.55. The molecule has 2 amide bonds. The first-order chi connectivity index (χ1) is 12.5. The highest BCUT2D eigenvalue weighted by Crippen LogP contribution is 2.23. The third-order valence-electron chi connectivity index (χ3n) is 5.04. The van der Waals surface area contributed by atoms with E-state index in [2.05, 4.69) is 29.2 Å². The minimum Gasteiger partial charge on any atom is -0.341 e. The van der Waals surface area contributed by atoms with Gasteiger partial charge in [-0.25, -0.2) is 0 Å². The second kappa shape index (κ2) is 7.87. The van der Waals surface area contributed by atoms with Crippen LogP contribution in [0.15, 0.2) is 42.5 Å². The number of carbonyl (C=O) groups is 2. The van der Waals surface area contributed by atoms with Crippen molar-refractivity contribution >= 4 is 22.6 Å². The van der Waals surface area contributed by atoms with Gasteiger partial charge < -0.3 is 14.7 Å². The SMILES string of the molecule is CN(C)CCN1C[C@@H](C(=O)N(C)Cc2cccc3ccccc23)CC1=O. The van der Waals surface area contributed by atoms with E-state index in [1.807, 2.05) is 44.2 Å². The Kier molecular flexibility index (Phi) is 5.57. The summed E-state index contributed by atoms with van der Waals surface area (Å²) in [5.41, 5.74) is 1.13. The number of likely N-dealkylation sites (N-methyl/N-ethyl adjacent to an activating group) is 1. The molecule has 1 aliphatic heterocycles. The van der Waals surface area contributed by atoms with Crippen molar-refractivity contribution in [1.82, 2.24) is 14.7 Å². The van der Waals surface area contributed by atoms with Crippen LogP contribution in [0.25, 0.3) is 10.8 Å². The predicted octanol–water partition coefficient (Wildman–Crippen LogP) is 2.21. The standard InChI is InChI=1S/C21H27N3O2/c1-22(2)11-12-24-15-18(13-20(24)25)21(26)23(3)14-17-9-6-8-16-7-4-5-10-19(16)17/h4-10,18H,11-15H2,1-3H3/t18-/m0/s1. The van der Waals surface area contributed by atoms with Crippen molar-refractivity contribution < 1.29 is 9.59 Å². The lowest BCUT2D eigenvalue weighted by atomic mass is 10.0. The van der Waals surface area contributed by atoms with Crippen molar-refractivity contribution in [3.8, 4) is 0 Å². The third kappa shape index (κ3) is 4.05. The van der Waals surface area contributed by atoms with E-state index in [0.29, 0.717) is 26.1 Å². The first-order valence-electron chi connectivity index (χ1n) is 9.10. The molecule has 0 radical (unpaired) electrons. The van der Waals surface area contributed by atoms with Crippen LogP contribution in [-0.4, -0.2) is 67.3 Å². The monoisotopic (exact) mass is 353 g/mol. The van der Waals surface area contributed by atoms with Crippen LogP contribution in [0.2, 0.25) is 0 Å². The summed E-state index contributed by atoms with van der Waals surface area (Å²) in [6, 6.07) is 14.4. The maximum Gasteiger partial charge on any atom is 0.228 e. The van der Waals surface area contributed by atoms with Crippen molar-refractivity contribution in [2.24, 2.45) is 5.92 Å². The summed E-state index contributed by atoms with van der Waals surface area (Å²) >= 11 is 0. The summed E-state index contributed by atoms with van der Waals surface area (Å²) in [5.74, 6) is -0.0907. The molecule has 5 nitrogen and oxygen atoms in total. The van der Waals surface area contributed by atoms with Crippen LogP contribution in [0.1, 0.15) is 12.0 Å². The molecule has 3 rings (SSSR count). The number of benzene rings is 2. The maximum atomic E-state index is 12.9. The molecule has 0 spiro atoms. The topological polar surface area (TPSA) is 43.9 Å². The van der Waals surface area contributed by atoms with Crippen LogP contribution in [-0.2, 0) is 16.1 Å². The first-order valence-corrected chi connectivity index (χ1v) is 9.10. The Morgan fingerprint density at radius 3 is 2.62 bits per heavy atom. The van der Waals surface area contributed by atoms with E-state index in [9.17, 15) is 9.59 Å². The van der Waals surface area contributed by atoms with Gasteiger partial charge in [-0.05, 0) is 30.4 Å². The van der Waals surface area contributed by atoms with Crippen molar-refractivity contribution in [3.05, 3.63) is 48.0 Å². The lowest BCUT2D eigenvalue weighted by Crippen LogP contribution is -2.36. The van der Waals surface area contributed by atoms with Crippen LogP contribution in [0.3, 0.4) is 0 Å². The molecule has 26 heavy (non-hydrogen) atoms. The molecule has 0 N–H and O–H groups in total. The second-order valence-corrected chi connectivity index (χ2v) is 7.38. The lowest BCUT2D eigenvalue weighted by Gasteiger charge is -2.23. The summed E-state index contributed by atoms with van der Waals surface area (Å²) < 4.78 is 0. The Bertz CT molecular complexity index is 797. The summed E-state index contributed by atoms with van der Waals surface area (Å²) in [6.45, 7) is 2.59. The van der Waals surface area contributed by atoms with Gasteiger partial charge in [0.25, 0.3) is 0 Å². The molecule has 2 aromatic carbocycles. The summed E-state index contributed by atoms with van der Waals surface area (Å²) in [7, 11) is 5.80. The van der Waals surface area contributed by atoms with Crippen LogP contribution < -0.4 is 0 Å². The van der Waals surface area contributed by atoms with Gasteiger partial charge in [-0.15, -0.1) is 0 Å². The molecular weight excluding hydrogens is 326 g/mol. The van der Waals surface area contributed by atoms with Crippen molar-refractivity contribution in [1.29, 1.82) is 0 Å². The molecule has 1 fully saturated rings. The average molecular weight is 353 g/mol. The zero-order valence-electron chi connectivity index (χ0n) is 15.8. The van der Waals surface area contributed by atoms with Crippen LogP contribution in [0, 0.1) is 5.92 Å². The number of rotatable bonds is 6. The highest BCUT2D eigenvalue weighted by Gasteiger charge is 2.35. The second-order valence-electron chi connectivity index (χ2n) is 7.38. The van der Waals surface area contributed by atoms with Gasteiger partial charge in [0.2, 0.25) is 11.8 Å². The average Bonchev–Trinajstić information content (AvgIpc) is 3.00. The first kappa shape index (κ1) is 18.4. The Balaban J connectivity index is 1.65. The normalized spacial score (nSPS) is 17.3. The summed E-state index contributed by atoms with van der Waals surface area (Å²) in [4.78, 5) is 30.7. The zero-order valence-corrected chi connectivity index (χ0v) is 15.8. The van der Waals surface area contributed by atoms with E-state index in [0.717, 1.165) is 12.1 Å². The van der Waals surface area contributed by atoms with E-state index in [4.69, 9.17) is 0 Å². The number of likely N-dealkylation sites (tertiary alicyclic amines) is 1. The van der Waals surface area contributed by atoms with Crippen molar-refractivity contribution in [2.75, 3.05) is 40.8 Å². The molecule has 0 aliphatic carbocycles. The van der Waals surface area contributed by atoms with E-state index >= 15 is 0 Å². The van der Waals surface area contributed by atoms with E-state index in [-0.39, 0.29) is 17.7 Å². The van der Waals surface area contributed by atoms with Crippen LogP contribution in [0.5, 0.6) is 0 Å². The van der Waals surface area contributed by atoms with E-state index < -0.39 is 0 Å². The van der Waals surface area contributed by atoms with E-state index in [1.165, 1.54) is 10.8 Å². The number of nitrogens with zero attached hydrogens (tertiary/aromatic N) is 3. The third-order valence-corrected chi connectivity index (χ3v) is 5.04. The lowest BCUT2D eigenvalue weighted by molar-refractivity contribution is -0.135. The number of carbonyl (C=O) groups excluding carboxylic acids is 2. The van der Waals surface area contributed by atoms with Gasteiger partial charge in [-0.2, -0.15) is 0 Å². The van der Waals surface area contributed by atoms with E-state index in [1.54, 1.807) is 4.90 Å². The van der Waals surface area contributed by atoms with Gasteiger partial charge >= 0.3 is 0 Å². The van der Waals surface area contributed by atoms with Gasteiger partial charge in [-0.1, -0.05) is 42.5 Å².